The Balaban J connectivity index is 2.28. The van der Waals surface area contributed by atoms with E-state index >= 15 is 0 Å². The van der Waals surface area contributed by atoms with Crippen molar-refractivity contribution in [3.05, 3.63) is 27.8 Å². The number of aliphatic hydroxyl groups is 1. The van der Waals surface area contributed by atoms with Crippen molar-refractivity contribution in [3.63, 3.8) is 0 Å². The number of hydrogen-bond acceptors (Lipinski definition) is 4. The van der Waals surface area contributed by atoms with E-state index < -0.39 is 5.82 Å². The number of aromatic amines is 1. The molecule has 2 heterocycles. The Morgan fingerprint density at radius 2 is 2.31 bits per heavy atom. The van der Waals surface area contributed by atoms with Gasteiger partial charge in [-0.15, -0.1) is 0 Å². The fraction of sp³-hybridized carbons (Fsp3) is 0.500. The monoisotopic (exact) mass is 227 g/mol. The number of halogens is 1. The number of nitrogens with two attached hydrogens (primary N) is 1. The van der Waals surface area contributed by atoms with Gasteiger partial charge in [-0.3, -0.25) is 4.79 Å². The highest BCUT2D eigenvalue weighted by molar-refractivity contribution is 5.33. The van der Waals surface area contributed by atoms with Gasteiger partial charge < -0.3 is 21.1 Å². The molecule has 2 rings (SSSR count). The second-order valence-electron chi connectivity index (χ2n) is 3.99. The van der Waals surface area contributed by atoms with Gasteiger partial charge in [-0.2, -0.15) is 0 Å². The Kier molecular flexibility index (Phi) is 2.93. The number of anilines is 1. The van der Waals surface area contributed by atoms with Gasteiger partial charge in [0.05, 0.1) is 6.61 Å². The predicted molar refractivity (Wildman–Crippen MR) is 57.4 cm³/mol. The molecule has 0 aromatic carbocycles. The van der Waals surface area contributed by atoms with Crippen LogP contribution in [0.3, 0.4) is 0 Å². The van der Waals surface area contributed by atoms with Crippen molar-refractivity contribution in [1.29, 1.82) is 0 Å². The van der Waals surface area contributed by atoms with Crippen LogP contribution < -0.4 is 16.6 Å². The third-order valence-corrected chi connectivity index (χ3v) is 2.89. The molecule has 2 atom stereocenters. The summed E-state index contributed by atoms with van der Waals surface area (Å²) in [5.74, 6) is -0.866. The van der Waals surface area contributed by atoms with Gasteiger partial charge in [0.25, 0.3) is 5.56 Å². The minimum Gasteiger partial charge on any atom is -0.395 e. The summed E-state index contributed by atoms with van der Waals surface area (Å²) in [6, 6.07) is 0.923. The molecule has 5 nitrogen and oxygen atoms in total. The van der Waals surface area contributed by atoms with Gasteiger partial charge in [-0.1, -0.05) is 0 Å². The maximum Gasteiger partial charge on any atom is 0.254 e. The topological polar surface area (TPSA) is 91.1 Å². The van der Waals surface area contributed by atoms with Crippen molar-refractivity contribution in [1.82, 2.24) is 10.3 Å². The first kappa shape index (κ1) is 11.1. The zero-order valence-electron chi connectivity index (χ0n) is 8.66. The molecule has 0 amide bonds. The van der Waals surface area contributed by atoms with Crippen LogP contribution in [0.1, 0.15) is 24.4 Å². The minimum atomic E-state index is -0.621. The van der Waals surface area contributed by atoms with E-state index in [1.54, 1.807) is 0 Å². The van der Waals surface area contributed by atoms with E-state index in [0.717, 1.165) is 12.5 Å². The fourth-order valence-electron chi connectivity index (χ4n) is 2.00. The Morgan fingerprint density at radius 1 is 1.56 bits per heavy atom. The maximum absolute atomic E-state index is 13.2. The lowest BCUT2D eigenvalue weighted by Crippen LogP contribution is -2.30. The number of pyridine rings is 1. The molecule has 1 fully saturated rings. The van der Waals surface area contributed by atoms with E-state index in [2.05, 4.69) is 10.3 Å². The number of H-pyrrole nitrogens is 1. The predicted octanol–water partition coefficient (Wildman–Crippen LogP) is -0.118. The highest BCUT2D eigenvalue weighted by Gasteiger charge is 2.26. The summed E-state index contributed by atoms with van der Waals surface area (Å²) in [5, 5.41) is 12.0. The fourth-order valence-corrected chi connectivity index (χ4v) is 2.00. The standard InChI is InChI=1S/C10H14FN3O2/c11-7-3-6(10(16)14-9(7)12)8-2-1-5(4-15)13-8/h3,5,8,13,15H,1-2,4H2,(H3,12,14,16). The highest BCUT2D eigenvalue weighted by atomic mass is 19.1. The first-order valence-corrected chi connectivity index (χ1v) is 5.17. The van der Waals surface area contributed by atoms with Crippen molar-refractivity contribution in [2.24, 2.45) is 0 Å². The van der Waals surface area contributed by atoms with Gasteiger partial charge in [-0.25, -0.2) is 4.39 Å². The molecule has 0 saturated carbocycles. The van der Waals surface area contributed by atoms with E-state index in [4.69, 9.17) is 10.8 Å². The van der Waals surface area contributed by atoms with E-state index in [9.17, 15) is 9.18 Å². The average Bonchev–Trinajstić information content (AvgIpc) is 2.71. The molecule has 16 heavy (non-hydrogen) atoms. The average molecular weight is 227 g/mol. The quantitative estimate of drug-likeness (QED) is 0.567. The van der Waals surface area contributed by atoms with Crippen LogP contribution >= 0.6 is 0 Å². The SMILES string of the molecule is Nc1[nH]c(=O)c(C2CCC(CO)N2)cc1F. The molecule has 0 aliphatic carbocycles. The molecule has 0 radical (unpaired) electrons. The third-order valence-electron chi connectivity index (χ3n) is 2.89. The Labute approximate surface area is 91.5 Å². The first-order chi connectivity index (χ1) is 7.61. The van der Waals surface area contributed by atoms with Crippen LogP contribution in [-0.2, 0) is 0 Å². The molecule has 1 aliphatic heterocycles. The number of nitrogens with one attached hydrogen (secondary N) is 2. The van der Waals surface area contributed by atoms with Gasteiger partial charge in [0.1, 0.15) is 5.82 Å². The summed E-state index contributed by atoms with van der Waals surface area (Å²) >= 11 is 0. The van der Waals surface area contributed by atoms with Crippen LogP contribution in [-0.4, -0.2) is 22.7 Å². The highest BCUT2D eigenvalue weighted by Crippen LogP contribution is 2.24. The molecule has 6 heteroatoms. The lowest BCUT2D eigenvalue weighted by atomic mass is 10.1. The summed E-state index contributed by atoms with van der Waals surface area (Å²) in [6.07, 6.45) is 1.48. The number of aliphatic hydroxyl groups excluding tert-OH is 1. The van der Waals surface area contributed by atoms with Crippen LogP contribution in [0, 0.1) is 5.82 Å². The summed E-state index contributed by atoms with van der Waals surface area (Å²) in [7, 11) is 0. The lowest BCUT2D eigenvalue weighted by Gasteiger charge is -2.12. The van der Waals surface area contributed by atoms with Gasteiger partial charge in [-0.05, 0) is 18.9 Å². The summed E-state index contributed by atoms with van der Waals surface area (Å²) in [5.41, 5.74) is 5.21. The number of aromatic nitrogens is 1. The molecule has 0 bridgehead atoms. The largest absolute Gasteiger partial charge is 0.395 e. The zero-order chi connectivity index (χ0) is 11.7. The molecule has 2 unspecified atom stereocenters. The molecule has 5 N–H and O–H groups in total. The first-order valence-electron chi connectivity index (χ1n) is 5.17. The van der Waals surface area contributed by atoms with Crippen LogP contribution in [0.25, 0.3) is 0 Å². The molecule has 1 aromatic rings. The molecular weight excluding hydrogens is 213 g/mol. The van der Waals surface area contributed by atoms with Crippen LogP contribution in [0.15, 0.2) is 10.9 Å². The maximum atomic E-state index is 13.2. The van der Waals surface area contributed by atoms with Crippen LogP contribution in [0.4, 0.5) is 10.2 Å². The Bertz CT molecular complexity index is 446. The molecule has 1 saturated heterocycles. The van der Waals surface area contributed by atoms with Crippen molar-refractivity contribution in [2.75, 3.05) is 12.3 Å². The van der Waals surface area contributed by atoms with Crippen molar-refractivity contribution < 1.29 is 9.50 Å². The van der Waals surface area contributed by atoms with Crippen molar-refractivity contribution in [3.8, 4) is 0 Å². The summed E-state index contributed by atoms with van der Waals surface area (Å²) < 4.78 is 13.2. The van der Waals surface area contributed by atoms with Crippen LogP contribution in [0.2, 0.25) is 0 Å². The molecular formula is C10H14FN3O2. The van der Waals surface area contributed by atoms with E-state index in [0.29, 0.717) is 12.0 Å². The van der Waals surface area contributed by atoms with Gasteiger partial charge in [0.15, 0.2) is 5.82 Å². The number of hydrogen-bond donors (Lipinski definition) is 4. The number of nitrogen functional groups attached to an aromatic ring is 1. The number of rotatable bonds is 2. The second kappa shape index (κ2) is 4.23. The van der Waals surface area contributed by atoms with Gasteiger partial charge in [0, 0.05) is 17.6 Å². The van der Waals surface area contributed by atoms with E-state index in [1.807, 2.05) is 0 Å². The Morgan fingerprint density at radius 3 is 2.94 bits per heavy atom. The van der Waals surface area contributed by atoms with E-state index in [-0.39, 0.29) is 30.1 Å². The lowest BCUT2D eigenvalue weighted by molar-refractivity contribution is 0.251. The molecule has 0 spiro atoms. The summed E-state index contributed by atoms with van der Waals surface area (Å²) in [6.45, 7) is 0.0197. The van der Waals surface area contributed by atoms with Crippen molar-refractivity contribution >= 4 is 5.82 Å². The molecule has 88 valence electrons. The molecule has 1 aliphatic rings. The van der Waals surface area contributed by atoms with E-state index in [1.165, 1.54) is 0 Å². The third kappa shape index (κ3) is 1.94. The van der Waals surface area contributed by atoms with Crippen molar-refractivity contribution in [2.45, 2.75) is 24.9 Å². The molecule has 1 aromatic heterocycles. The zero-order valence-corrected chi connectivity index (χ0v) is 8.66. The minimum absolute atomic E-state index is 0.0197. The smallest absolute Gasteiger partial charge is 0.254 e. The van der Waals surface area contributed by atoms with Crippen LogP contribution in [0.5, 0.6) is 0 Å². The normalized spacial score (nSPS) is 24.9. The Hall–Kier alpha value is -1.40. The second-order valence-corrected chi connectivity index (χ2v) is 3.99. The van der Waals surface area contributed by atoms with Gasteiger partial charge >= 0.3 is 0 Å². The summed E-state index contributed by atoms with van der Waals surface area (Å²) in [4.78, 5) is 13.8. The van der Waals surface area contributed by atoms with Gasteiger partial charge in [0.2, 0.25) is 0 Å².